The molecule has 0 aromatic heterocycles. The van der Waals surface area contributed by atoms with Crippen LogP contribution in [0, 0.1) is 5.92 Å². The Bertz CT molecular complexity index is 643. The van der Waals surface area contributed by atoms with Crippen molar-refractivity contribution in [3.8, 4) is 0 Å². The Kier molecular flexibility index (Phi) is 5.98. The first-order chi connectivity index (χ1) is 11.7. The van der Waals surface area contributed by atoms with Crippen LogP contribution in [0.2, 0.25) is 0 Å². The number of Topliss-reactive ketones (excluding diaryl/α,β-unsaturated/α-hetero) is 1. The van der Waals surface area contributed by atoms with Gasteiger partial charge < -0.3 is 10.1 Å². The average Bonchev–Trinajstić information content (AvgIpc) is 2.58. The van der Waals surface area contributed by atoms with Gasteiger partial charge in [0.25, 0.3) is 5.91 Å². The normalized spacial score (nSPS) is 19.2. The molecule has 1 fully saturated rings. The highest BCUT2D eigenvalue weighted by Gasteiger charge is 2.34. The third kappa shape index (κ3) is 4.91. The van der Waals surface area contributed by atoms with Gasteiger partial charge in [-0.2, -0.15) is 0 Å². The quantitative estimate of drug-likeness (QED) is 0.852. The van der Waals surface area contributed by atoms with Gasteiger partial charge in [0.05, 0.1) is 7.11 Å². The number of carbonyl (C=O) groups is 3. The molecule has 136 valence electrons. The molecule has 1 aromatic rings. The maximum absolute atomic E-state index is 12.6. The van der Waals surface area contributed by atoms with Crippen LogP contribution in [0.15, 0.2) is 24.3 Å². The Hall–Kier alpha value is -2.17. The summed E-state index contributed by atoms with van der Waals surface area (Å²) < 4.78 is 4.84. The first kappa shape index (κ1) is 19.2. The molecule has 5 heteroatoms. The number of methoxy groups -OCH3 is 1. The van der Waals surface area contributed by atoms with E-state index in [2.05, 4.69) is 26.1 Å². The molecule has 25 heavy (non-hydrogen) atoms. The molecule has 0 bridgehead atoms. The van der Waals surface area contributed by atoms with Crippen molar-refractivity contribution in [1.82, 2.24) is 5.32 Å². The predicted octanol–water partition coefficient (Wildman–Crippen LogP) is 3.01. The summed E-state index contributed by atoms with van der Waals surface area (Å²) in [5.41, 5.74) is 1.63. The summed E-state index contributed by atoms with van der Waals surface area (Å²) in [5.74, 6) is -0.895. The number of hydrogen-bond donors (Lipinski definition) is 1. The molecule has 0 radical (unpaired) electrons. The van der Waals surface area contributed by atoms with Crippen molar-refractivity contribution in [2.45, 2.75) is 57.9 Å². The number of ether oxygens (including phenoxy) is 1. The minimum Gasteiger partial charge on any atom is -0.467 e. The zero-order valence-corrected chi connectivity index (χ0v) is 15.4. The molecule has 1 amide bonds. The lowest BCUT2D eigenvalue weighted by Crippen LogP contribution is -2.48. The smallest absolute Gasteiger partial charge is 0.328 e. The molecule has 0 unspecified atom stereocenters. The van der Waals surface area contributed by atoms with Gasteiger partial charge in [-0.05, 0) is 41.9 Å². The molecule has 0 saturated heterocycles. The highest BCUT2D eigenvalue weighted by Crippen LogP contribution is 2.26. The van der Waals surface area contributed by atoms with Gasteiger partial charge in [-0.15, -0.1) is 0 Å². The fraction of sp³-hybridized carbons (Fsp3) is 0.550. The highest BCUT2D eigenvalue weighted by molar-refractivity contribution is 5.97. The molecule has 0 aliphatic heterocycles. The first-order valence-corrected chi connectivity index (χ1v) is 8.73. The number of carbonyl (C=O) groups excluding carboxylic acids is 3. The van der Waals surface area contributed by atoms with Crippen LogP contribution in [0.4, 0.5) is 0 Å². The van der Waals surface area contributed by atoms with Gasteiger partial charge in [-0.3, -0.25) is 9.59 Å². The Morgan fingerprint density at radius 1 is 1.20 bits per heavy atom. The first-order valence-electron chi connectivity index (χ1n) is 8.73. The summed E-state index contributed by atoms with van der Waals surface area (Å²) in [4.78, 5) is 36.4. The molecule has 1 aliphatic carbocycles. The molecule has 1 N–H and O–H groups in total. The number of rotatable bonds is 4. The van der Waals surface area contributed by atoms with E-state index in [1.165, 1.54) is 7.11 Å². The standard InChI is InChI=1S/C20H27NO4/c1-20(2,3)15-10-8-13(9-11-15)18(23)21-17(19(24)25-4)14-6-5-7-16(22)12-14/h8-11,14,17H,5-7,12H2,1-4H3,(H,21,23)/t14-,17-/m0/s1. The van der Waals surface area contributed by atoms with Crippen LogP contribution in [0.5, 0.6) is 0 Å². The highest BCUT2D eigenvalue weighted by atomic mass is 16.5. The van der Waals surface area contributed by atoms with Gasteiger partial charge in [0, 0.05) is 18.4 Å². The maximum atomic E-state index is 12.6. The maximum Gasteiger partial charge on any atom is 0.328 e. The summed E-state index contributed by atoms with van der Waals surface area (Å²) in [7, 11) is 1.30. The van der Waals surface area contributed by atoms with Crippen molar-refractivity contribution in [2.75, 3.05) is 7.11 Å². The molecular weight excluding hydrogens is 318 g/mol. The second-order valence-corrected chi connectivity index (χ2v) is 7.70. The molecule has 1 saturated carbocycles. The van der Waals surface area contributed by atoms with E-state index in [1.807, 2.05) is 12.1 Å². The van der Waals surface area contributed by atoms with Crippen LogP contribution in [0.1, 0.15) is 62.4 Å². The van der Waals surface area contributed by atoms with E-state index in [0.717, 1.165) is 18.4 Å². The number of hydrogen-bond acceptors (Lipinski definition) is 4. The fourth-order valence-electron chi connectivity index (χ4n) is 3.18. The monoisotopic (exact) mass is 345 g/mol. The third-order valence-corrected chi connectivity index (χ3v) is 4.75. The Balaban J connectivity index is 2.13. The molecule has 1 aliphatic rings. The van der Waals surface area contributed by atoms with Crippen molar-refractivity contribution >= 4 is 17.7 Å². The Labute approximate surface area is 149 Å². The minimum atomic E-state index is -0.788. The number of amides is 1. The van der Waals surface area contributed by atoms with Gasteiger partial charge in [-0.1, -0.05) is 32.9 Å². The number of nitrogens with one attached hydrogen (secondary N) is 1. The van der Waals surface area contributed by atoms with Crippen molar-refractivity contribution < 1.29 is 19.1 Å². The van der Waals surface area contributed by atoms with Gasteiger partial charge in [0.2, 0.25) is 0 Å². The van der Waals surface area contributed by atoms with E-state index < -0.39 is 12.0 Å². The Morgan fingerprint density at radius 3 is 2.36 bits per heavy atom. The van der Waals surface area contributed by atoms with E-state index >= 15 is 0 Å². The van der Waals surface area contributed by atoms with Gasteiger partial charge in [-0.25, -0.2) is 4.79 Å². The summed E-state index contributed by atoms with van der Waals surface area (Å²) in [6.07, 6.45) is 2.33. The molecule has 1 aromatic carbocycles. The summed E-state index contributed by atoms with van der Waals surface area (Å²) in [6, 6.07) is 6.58. The van der Waals surface area contributed by atoms with Crippen LogP contribution >= 0.6 is 0 Å². The predicted molar refractivity (Wildman–Crippen MR) is 95.4 cm³/mol. The van der Waals surface area contributed by atoms with Crippen LogP contribution < -0.4 is 5.32 Å². The molecule has 0 spiro atoms. The molecule has 2 atom stereocenters. The van der Waals surface area contributed by atoms with E-state index in [9.17, 15) is 14.4 Å². The molecule has 5 nitrogen and oxygen atoms in total. The zero-order chi connectivity index (χ0) is 18.6. The SMILES string of the molecule is COC(=O)[C@@H](NC(=O)c1ccc(C(C)(C)C)cc1)[C@H]1CCCC(=O)C1. The van der Waals surface area contributed by atoms with E-state index in [1.54, 1.807) is 12.1 Å². The van der Waals surface area contributed by atoms with Crippen LogP contribution in [0.25, 0.3) is 0 Å². The largest absolute Gasteiger partial charge is 0.467 e. The summed E-state index contributed by atoms with van der Waals surface area (Å²) in [5, 5.41) is 2.77. The fourth-order valence-corrected chi connectivity index (χ4v) is 3.18. The second kappa shape index (κ2) is 7.81. The molecule has 2 rings (SSSR count). The van der Waals surface area contributed by atoms with Crippen molar-refractivity contribution in [1.29, 1.82) is 0 Å². The van der Waals surface area contributed by atoms with Crippen LogP contribution in [-0.4, -0.2) is 30.8 Å². The lowest BCUT2D eigenvalue weighted by atomic mass is 9.83. The van der Waals surface area contributed by atoms with E-state index in [4.69, 9.17) is 4.74 Å². The zero-order valence-electron chi connectivity index (χ0n) is 15.4. The summed E-state index contributed by atoms with van der Waals surface area (Å²) in [6.45, 7) is 6.32. The van der Waals surface area contributed by atoms with Crippen molar-refractivity contribution in [3.63, 3.8) is 0 Å². The number of esters is 1. The van der Waals surface area contributed by atoms with Crippen molar-refractivity contribution in [2.24, 2.45) is 5.92 Å². The minimum absolute atomic E-state index is 0.00597. The van der Waals surface area contributed by atoms with Crippen LogP contribution in [0.3, 0.4) is 0 Å². The topological polar surface area (TPSA) is 72.5 Å². The Morgan fingerprint density at radius 2 is 1.84 bits per heavy atom. The van der Waals surface area contributed by atoms with Crippen molar-refractivity contribution in [3.05, 3.63) is 35.4 Å². The molecular formula is C20H27NO4. The second-order valence-electron chi connectivity index (χ2n) is 7.70. The lowest BCUT2D eigenvalue weighted by Gasteiger charge is -2.28. The number of ketones is 1. The van der Waals surface area contributed by atoms with Gasteiger partial charge in [0.15, 0.2) is 0 Å². The van der Waals surface area contributed by atoms with Gasteiger partial charge >= 0.3 is 5.97 Å². The third-order valence-electron chi connectivity index (χ3n) is 4.75. The summed E-state index contributed by atoms with van der Waals surface area (Å²) >= 11 is 0. The lowest BCUT2D eigenvalue weighted by molar-refractivity contribution is -0.145. The van der Waals surface area contributed by atoms with E-state index in [0.29, 0.717) is 18.4 Å². The molecule has 0 heterocycles. The van der Waals surface area contributed by atoms with Gasteiger partial charge in [0.1, 0.15) is 11.8 Å². The number of benzene rings is 1. The van der Waals surface area contributed by atoms with Crippen LogP contribution in [-0.2, 0) is 19.7 Å². The van der Waals surface area contributed by atoms with E-state index in [-0.39, 0.29) is 23.0 Å². The average molecular weight is 345 g/mol.